The van der Waals surface area contributed by atoms with Crippen molar-refractivity contribution in [3.05, 3.63) is 71.7 Å². The maximum Gasteiger partial charge on any atom is 0.303 e. The Morgan fingerprint density at radius 3 is 2.72 bits per heavy atom. The van der Waals surface area contributed by atoms with Crippen LogP contribution in [0.2, 0.25) is 0 Å². The Hall–Kier alpha value is -3.41. The third-order valence-electron chi connectivity index (χ3n) is 3.47. The molecule has 0 atom stereocenters. The molecule has 0 aliphatic carbocycles. The summed E-state index contributed by atoms with van der Waals surface area (Å²) in [5.41, 5.74) is 2.98. The number of esters is 1. The minimum atomic E-state index is -0.380. The molecule has 0 saturated carbocycles. The van der Waals surface area contributed by atoms with Gasteiger partial charge in [0.25, 0.3) is 5.91 Å². The molecule has 3 aromatic rings. The molecule has 1 amide bonds. The quantitative estimate of drug-likeness (QED) is 0.440. The molecule has 0 unspecified atom stereocenters. The Kier molecular flexibility index (Phi) is 4.89. The standard InChI is InChI=1S/C19H16N2O4/c1-13(22)24-12-18-9-8-17(25-18)11-20-21-19(23)16-7-6-14-4-2-3-5-15(14)10-16/h2-11H,12H2,1H3,(H,21,23). The van der Waals surface area contributed by atoms with Crippen LogP contribution >= 0.6 is 0 Å². The molecule has 0 saturated heterocycles. The number of nitrogens with zero attached hydrogens (tertiary/aromatic N) is 1. The summed E-state index contributed by atoms with van der Waals surface area (Å²) in [7, 11) is 0. The zero-order chi connectivity index (χ0) is 17.6. The van der Waals surface area contributed by atoms with Crippen LogP contribution in [0.15, 0.2) is 64.1 Å². The van der Waals surface area contributed by atoms with Gasteiger partial charge in [0.05, 0.1) is 6.21 Å². The second-order valence-corrected chi connectivity index (χ2v) is 5.35. The van der Waals surface area contributed by atoms with Gasteiger partial charge in [0.1, 0.15) is 18.1 Å². The summed E-state index contributed by atoms with van der Waals surface area (Å²) in [6.07, 6.45) is 1.39. The van der Waals surface area contributed by atoms with Crippen molar-refractivity contribution in [2.45, 2.75) is 13.5 Å². The monoisotopic (exact) mass is 336 g/mol. The van der Waals surface area contributed by atoms with E-state index in [0.717, 1.165) is 10.8 Å². The number of hydrogen-bond donors (Lipinski definition) is 1. The predicted molar refractivity (Wildman–Crippen MR) is 93.2 cm³/mol. The number of nitrogens with one attached hydrogen (secondary N) is 1. The molecule has 0 aliphatic rings. The average molecular weight is 336 g/mol. The molecule has 126 valence electrons. The van der Waals surface area contributed by atoms with Gasteiger partial charge < -0.3 is 9.15 Å². The number of fused-ring (bicyclic) bond motifs is 1. The molecule has 0 aliphatic heterocycles. The van der Waals surface area contributed by atoms with Gasteiger partial charge >= 0.3 is 5.97 Å². The number of hydrogen-bond acceptors (Lipinski definition) is 5. The van der Waals surface area contributed by atoms with Crippen LogP contribution in [0.1, 0.15) is 28.8 Å². The van der Waals surface area contributed by atoms with Crippen molar-refractivity contribution in [1.29, 1.82) is 0 Å². The van der Waals surface area contributed by atoms with E-state index in [9.17, 15) is 9.59 Å². The van der Waals surface area contributed by atoms with E-state index in [1.54, 1.807) is 18.2 Å². The second-order valence-electron chi connectivity index (χ2n) is 5.35. The molecule has 6 nitrogen and oxygen atoms in total. The third kappa shape index (κ3) is 4.32. The lowest BCUT2D eigenvalue weighted by molar-refractivity contribution is -0.142. The molecule has 0 radical (unpaired) electrons. The SMILES string of the molecule is CC(=O)OCc1ccc(C=NNC(=O)c2ccc3ccccc3c2)o1. The summed E-state index contributed by atoms with van der Waals surface area (Å²) < 4.78 is 10.2. The Labute approximate surface area is 144 Å². The largest absolute Gasteiger partial charge is 0.458 e. The van der Waals surface area contributed by atoms with E-state index in [1.807, 2.05) is 36.4 Å². The van der Waals surface area contributed by atoms with E-state index < -0.39 is 0 Å². The Morgan fingerprint density at radius 1 is 1.12 bits per heavy atom. The lowest BCUT2D eigenvalue weighted by Crippen LogP contribution is -2.17. The molecule has 3 rings (SSSR count). The normalized spacial score (nSPS) is 10.9. The topological polar surface area (TPSA) is 80.9 Å². The summed E-state index contributed by atoms with van der Waals surface area (Å²) in [6.45, 7) is 1.39. The van der Waals surface area contributed by atoms with Crippen molar-refractivity contribution >= 4 is 28.9 Å². The lowest BCUT2D eigenvalue weighted by atomic mass is 10.1. The van der Waals surface area contributed by atoms with Gasteiger partial charge in [-0.2, -0.15) is 5.10 Å². The van der Waals surface area contributed by atoms with Crippen molar-refractivity contribution in [3.8, 4) is 0 Å². The highest BCUT2D eigenvalue weighted by atomic mass is 16.5. The number of amides is 1. The van der Waals surface area contributed by atoms with E-state index >= 15 is 0 Å². The van der Waals surface area contributed by atoms with Crippen molar-refractivity contribution < 1.29 is 18.7 Å². The van der Waals surface area contributed by atoms with E-state index in [4.69, 9.17) is 9.15 Å². The number of rotatable bonds is 5. The summed E-state index contributed by atoms with van der Waals surface area (Å²) in [6, 6.07) is 16.6. The number of furan rings is 1. The first-order valence-electron chi connectivity index (χ1n) is 7.66. The van der Waals surface area contributed by atoms with Gasteiger partial charge in [-0.1, -0.05) is 30.3 Å². The van der Waals surface area contributed by atoms with Crippen LogP contribution in [-0.4, -0.2) is 18.1 Å². The van der Waals surface area contributed by atoms with Crippen molar-refractivity contribution in [3.63, 3.8) is 0 Å². The molecule has 0 fully saturated rings. The number of hydrazone groups is 1. The first-order valence-corrected chi connectivity index (χ1v) is 7.66. The highest BCUT2D eigenvalue weighted by Crippen LogP contribution is 2.15. The summed E-state index contributed by atoms with van der Waals surface area (Å²) in [5.74, 6) is 0.251. The molecule has 0 bridgehead atoms. The fourth-order valence-electron chi connectivity index (χ4n) is 2.26. The predicted octanol–water partition coefficient (Wildman–Crippen LogP) is 3.26. The Morgan fingerprint density at radius 2 is 1.92 bits per heavy atom. The van der Waals surface area contributed by atoms with Crippen LogP contribution in [0.3, 0.4) is 0 Å². The van der Waals surface area contributed by atoms with Crippen LogP contribution in [-0.2, 0) is 16.1 Å². The first-order chi connectivity index (χ1) is 12.1. The maximum atomic E-state index is 12.1. The van der Waals surface area contributed by atoms with Crippen molar-refractivity contribution in [2.24, 2.45) is 5.10 Å². The summed E-state index contributed by atoms with van der Waals surface area (Å²) in [5, 5.41) is 5.93. The molecule has 0 spiro atoms. The average Bonchev–Trinajstić information content (AvgIpc) is 3.07. The van der Waals surface area contributed by atoms with E-state index in [0.29, 0.717) is 17.1 Å². The van der Waals surface area contributed by atoms with Gasteiger partial charge in [-0.05, 0) is 35.0 Å². The maximum absolute atomic E-state index is 12.1. The van der Waals surface area contributed by atoms with Crippen LogP contribution in [0.4, 0.5) is 0 Å². The van der Waals surface area contributed by atoms with Crippen molar-refractivity contribution in [1.82, 2.24) is 5.43 Å². The molecular weight excluding hydrogens is 320 g/mol. The van der Waals surface area contributed by atoms with E-state index in [-0.39, 0.29) is 18.5 Å². The highest BCUT2D eigenvalue weighted by molar-refractivity contribution is 5.98. The molecule has 2 aromatic carbocycles. The number of benzene rings is 2. The van der Waals surface area contributed by atoms with Crippen molar-refractivity contribution in [2.75, 3.05) is 0 Å². The van der Waals surface area contributed by atoms with Crippen LogP contribution in [0.25, 0.3) is 10.8 Å². The molecule has 1 heterocycles. The smallest absolute Gasteiger partial charge is 0.303 e. The van der Waals surface area contributed by atoms with Gasteiger partial charge in [0, 0.05) is 12.5 Å². The molecule has 25 heavy (non-hydrogen) atoms. The number of ether oxygens (including phenoxy) is 1. The van der Waals surface area contributed by atoms with Gasteiger partial charge in [-0.25, -0.2) is 5.43 Å². The fourth-order valence-corrected chi connectivity index (χ4v) is 2.26. The first kappa shape index (κ1) is 16.4. The Balaban J connectivity index is 1.61. The van der Waals surface area contributed by atoms with Crippen LogP contribution in [0, 0.1) is 0 Å². The minimum absolute atomic E-state index is 0.0621. The van der Waals surface area contributed by atoms with Crippen LogP contribution in [0.5, 0.6) is 0 Å². The van der Waals surface area contributed by atoms with E-state index in [1.165, 1.54) is 13.1 Å². The van der Waals surface area contributed by atoms with Crippen LogP contribution < -0.4 is 5.43 Å². The van der Waals surface area contributed by atoms with Gasteiger partial charge in [-0.15, -0.1) is 0 Å². The third-order valence-corrected chi connectivity index (χ3v) is 3.47. The zero-order valence-electron chi connectivity index (χ0n) is 13.6. The van der Waals surface area contributed by atoms with Gasteiger partial charge in [-0.3, -0.25) is 9.59 Å². The molecular formula is C19H16N2O4. The lowest BCUT2D eigenvalue weighted by Gasteiger charge is -2.02. The number of carbonyl (C=O) groups is 2. The number of carbonyl (C=O) groups excluding carboxylic acids is 2. The Bertz CT molecular complexity index is 943. The van der Waals surface area contributed by atoms with Gasteiger partial charge in [0.15, 0.2) is 0 Å². The summed E-state index contributed by atoms with van der Waals surface area (Å²) in [4.78, 5) is 22.9. The molecule has 1 aromatic heterocycles. The van der Waals surface area contributed by atoms with E-state index in [2.05, 4.69) is 10.5 Å². The molecule has 6 heteroatoms. The second kappa shape index (κ2) is 7.44. The minimum Gasteiger partial charge on any atom is -0.458 e. The van der Waals surface area contributed by atoms with Gasteiger partial charge in [0.2, 0.25) is 0 Å². The summed E-state index contributed by atoms with van der Waals surface area (Å²) >= 11 is 0. The fraction of sp³-hybridized carbons (Fsp3) is 0.105. The zero-order valence-corrected chi connectivity index (χ0v) is 13.6. The highest BCUT2D eigenvalue weighted by Gasteiger charge is 2.06. The molecule has 1 N–H and O–H groups in total.